The van der Waals surface area contributed by atoms with Crippen molar-refractivity contribution in [2.24, 2.45) is 5.92 Å². The summed E-state index contributed by atoms with van der Waals surface area (Å²) in [5, 5.41) is 3.82. The average molecular weight is 293 g/mol. The first kappa shape index (κ1) is 15.8. The molecule has 1 aliphatic carbocycles. The van der Waals surface area contributed by atoms with Crippen molar-refractivity contribution < 1.29 is 0 Å². The van der Waals surface area contributed by atoms with Crippen LogP contribution in [-0.2, 0) is 0 Å². The number of hydrogen-bond donors (Lipinski definition) is 1. The molecule has 4 unspecified atom stereocenters. The zero-order valence-corrected chi connectivity index (χ0v) is 14.3. The van der Waals surface area contributed by atoms with E-state index in [4.69, 9.17) is 0 Å². The van der Waals surface area contributed by atoms with Gasteiger partial charge >= 0.3 is 0 Å². The van der Waals surface area contributed by atoms with Crippen LogP contribution in [0, 0.1) is 5.92 Å². The molecule has 3 aliphatic rings. The Morgan fingerprint density at radius 1 is 0.857 bits per heavy atom. The van der Waals surface area contributed by atoms with E-state index < -0.39 is 0 Å². The molecule has 122 valence electrons. The van der Waals surface area contributed by atoms with Crippen molar-refractivity contribution >= 4 is 0 Å². The summed E-state index contributed by atoms with van der Waals surface area (Å²) in [7, 11) is 0. The monoisotopic (exact) mass is 292 g/mol. The highest BCUT2D eigenvalue weighted by Crippen LogP contribution is 2.34. The lowest BCUT2D eigenvalue weighted by atomic mass is 9.94. The molecule has 2 heteroatoms. The fraction of sp³-hybridized carbons (Fsp3) is 1.00. The maximum Gasteiger partial charge on any atom is 0.0128 e. The largest absolute Gasteiger partial charge is 0.311 e. The Bertz CT molecular complexity index is 305. The van der Waals surface area contributed by atoms with E-state index in [1.807, 2.05) is 0 Å². The molecule has 2 heterocycles. The first-order chi connectivity index (χ1) is 10.3. The maximum absolute atomic E-state index is 3.82. The van der Waals surface area contributed by atoms with E-state index in [2.05, 4.69) is 24.1 Å². The van der Waals surface area contributed by atoms with Gasteiger partial charge in [-0.25, -0.2) is 0 Å². The molecule has 0 aromatic rings. The van der Waals surface area contributed by atoms with Crippen molar-refractivity contribution in [1.29, 1.82) is 0 Å². The number of piperidine rings is 1. The summed E-state index contributed by atoms with van der Waals surface area (Å²) in [6, 6.07) is 3.44. The number of hydrogen-bond acceptors (Lipinski definition) is 2. The van der Waals surface area contributed by atoms with Crippen molar-refractivity contribution in [3.63, 3.8) is 0 Å². The van der Waals surface area contributed by atoms with Crippen LogP contribution in [0.15, 0.2) is 0 Å². The van der Waals surface area contributed by atoms with E-state index in [-0.39, 0.29) is 0 Å². The highest BCUT2D eigenvalue weighted by atomic mass is 15.2. The zero-order chi connectivity index (χ0) is 14.7. The summed E-state index contributed by atoms with van der Waals surface area (Å²) in [6.07, 6.45) is 15.8. The highest BCUT2D eigenvalue weighted by Gasteiger charge is 2.38. The van der Waals surface area contributed by atoms with E-state index in [1.54, 1.807) is 0 Å². The quantitative estimate of drug-likeness (QED) is 0.758. The summed E-state index contributed by atoms with van der Waals surface area (Å²) >= 11 is 0. The molecular formula is C19H36N2. The molecular weight excluding hydrogens is 256 g/mol. The fourth-order valence-corrected chi connectivity index (χ4v) is 5.32. The van der Waals surface area contributed by atoms with Crippen LogP contribution in [0.4, 0.5) is 0 Å². The second kappa shape index (κ2) is 7.46. The van der Waals surface area contributed by atoms with Crippen LogP contribution < -0.4 is 5.32 Å². The van der Waals surface area contributed by atoms with Gasteiger partial charge in [-0.2, -0.15) is 0 Å². The summed E-state index contributed by atoms with van der Waals surface area (Å²) in [5.74, 6) is 1.02. The predicted molar refractivity (Wildman–Crippen MR) is 90.6 cm³/mol. The van der Waals surface area contributed by atoms with Crippen LogP contribution in [0.3, 0.4) is 0 Å². The van der Waals surface area contributed by atoms with Crippen LogP contribution in [0.5, 0.6) is 0 Å². The van der Waals surface area contributed by atoms with Crippen LogP contribution in [0.2, 0.25) is 0 Å². The average Bonchev–Trinajstić information content (AvgIpc) is 2.72. The predicted octanol–water partition coefficient (Wildman–Crippen LogP) is 4.34. The summed E-state index contributed by atoms with van der Waals surface area (Å²) < 4.78 is 0. The molecule has 3 fully saturated rings. The molecule has 2 nitrogen and oxygen atoms in total. The van der Waals surface area contributed by atoms with Gasteiger partial charge in [0.15, 0.2) is 0 Å². The smallest absolute Gasteiger partial charge is 0.0128 e. The molecule has 21 heavy (non-hydrogen) atoms. The molecule has 0 radical (unpaired) electrons. The minimum Gasteiger partial charge on any atom is -0.311 e. The molecule has 2 saturated heterocycles. The van der Waals surface area contributed by atoms with Gasteiger partial charge in [0.1, 0.15) is 0 Å². The van der Waals surface area contributed by atoms with Crippen LogP contribution >= 0.6 is 0 Å². The second-order valence-corrected chi connectivity index (χ2v) is 7.94. The van der Waals surface area contributed by atoms with Gasteiger partial charge in [-0.05, 0) is 63.8 Å². The van der Waals surface area contributed by atoms with E-state index in [0.717, 1.165) is 30.1 Å². The molecule has 2 bridgehead atoms. The molecule has 3 rings (SSSR count). The SMILES string of the molecule is CCCN(C1CCCC(CC)CC1)C1CC2CCC(C1)N2. The standard InChI is InChI=1S/C19H36N2/c1-3-12-21(18-7-5-6-15(4-2)8-11-18)19-13-16-9-10-17(14-19)20-16/h15-20H,3-14H2,1-2H3. The number of nitrogens with zero attached hydrogens (tertiary/aromatic N) is 1. The summed E-state index contributed by atoms with van der Waals surface area (Å²) in [6.45, 7) is 6.10. The third kappa shape index (κ3) is 3.82. The van der Waals surface area contributed by atoms with Crippen molar-refractivity contribution in [3.8, 4) is 0 Å². The molecule has 2 aliphatic heterocycles. The Kier molecular flexibility index (Phi) is 5.61. The minimum atomic E-state index is 0.835. The highest BCUT2D eigenvalue weighted by molar-refractivity contribution is 4.97. The third-order valence-corrected chi connectivity index (χ3v) is 6.50. The molecule has 1 saturated carbocycles. The van der Waals surface area contributed by atoms with E-state index in [9.17, 15) is 0 Å². The Labute approximate surface area is 132 Å². The van der Waals surface area contributed by atoms with Gasteiger partial charge in [0.2, 0.25) is 0 Å². The topological polar surface area (TPSA) is 15.3 Å². The Morgan fingerprint density at radius 3 is 2.29 bits per heavy atom. The Balaban J connectivity index is 1.63. The number of fused-ring (bicyclic) bond motifs is 2. The van der Waals surface area contributed by atoms with Crippen LogP contribution in [-0.4, -0.2) is 35.6 Å². The van der Waals surface area contributed by atoms with Crippen molar-refractivity contribution in [2.45, 2.75) is 109 Å². The lowest BCUT2D eigenvalue weighted by Crippen LogP contribution is -2.51. The first-order valence-electron chi connectivity index (χ1n) is 9.81. The number of rotatable bonds is 5. The lowest BCUT2D eigenvalue weighted by molar-refractivity contribution is 0.0841. The van der Waals surface area contributed by atoms with Gasteiger partial charge in [-0.3, -0.25) is 4.90 Å². The second-order valence-electron chi connectivity index (χ2n) is 7.94. The van der Waals surface area contributed by atoms with E-state index in [0.29, 0.717) is 0 Å². The maximum atomic E-state index is 3.82. The Hall–Kier alpha value is -0.0800. The van der Waals surface area contributed by atoms with Gasteiger partial charge in [-0.1, -0.05) is 33.1 Å². The molecule has 4 atom stereocenters. The first-order valence-corrected chi connectivity index (χ1v) is 9.81. The van der Waals surface area contributed by atoms with Crippen LogP contribution in [0.1, 0.15) is 84.5 Å². The molecule has 0 aromatic heterocycles. The molecule has 0 aromatic carbocycles. The van der Waals surface area contributed by atoms with Crippen molar-refractivity contribution in [1.82, 2.24) is 10.2 Å². The fourth-order valence-electron chi connectivity index (χ4n) is 5.32. The lowest BCUT2D eigenvalue weighted by Gasteiger charge is -2.42. The van der Waals surface area contributed by atoms with E-state index >= 15 is 0 Å². The minimum absolute atomic E-state index is 0.835. The van der Waals surface area contributed by atoms with Crippen molar-refractivity contribution in [3.05, 3.63) is 0 Å². The molecule has 0 spiro atoms. The Morgan fingerprint density at radius 2 is 1.62 bits per heavy atom. The van der Waals surface area contributed by atoms with Gasteiger partial charge in [-0.15, -0.1) is 0 Å². The molecule has 0 amide bonds. The molecule has 1 N–H and O–H groups in total. The third-order valence-electron chi connectivity index (χ3n) is 6.50. The normalized spacial score (nSPS) is 40.4. The van der Waals surface area contributed by atoms with E-state index in [1.165, 1.54) is 77.2 Å². The van der Waals surface area contributed by atoms with Gasteiger partial charge in [0, 0.05) is 24.2 Å². The summed E-state index contributed by atoms with van der Waals surface area (Å²) in [5.41, 5.74) is 0. The summed E-state index contributed by atoms with van der Waals surface area (Å²) in [4.78, 5) is 2.96. The zero-order valence-electron chi connectivity index (χ0n) is 14.3. The van der Waals surface area contributed by atoms with Crippen LogP contribution in [0.25, 0.3) is 0 Å². The van der Waals surface area contributed by atoms with Gasteiger partial charge < -0.3 is 5.32 Å². The van der Waals surface area contributed by atoms with Gasteiger partial charge in [0.25, 0.3) is 0 Å². The van der Waals surface area contributed by atoms with Gasteiger partial charge in [0.05, 0.1) is 0 Å². The van der Waals surface area contributed by atoms with Crippen molar-refractivity contribution in [2.75, 3.05) is 6.54 Å². The number of nitrogens with one attached hydrogen (secondary N) is 1.